The molecule has 0 aromatic heterocycles. The van der Waals surface area contributed by atoms with Crippen molar-refractivity contribution >= 4 is 5.71 Å². The van der Waals surface area contributed by atoms with E-state index in [2.05, 4.69) is 11.7 Å². The van der Waals surface area contributed by atoms with Gasteiger partial charge in [-0.05, 0) is 19.1 Å². The summed E-state index contributed by atoms with van der Waals surface area (Å²) >= 11 is 0. The first kappa shape index (κ1) is 12.4. The molecular weight excluding hydrogens is 209 g/mol. The lowest BCUT2D eigenvalue weighted by Gasteiger charge is -2.10. The van der Waals surface area contributed by atoms with Gasteiger partial charge in [0, 0.05) is 5.56 Å². The largest absolute Gasteiger partial charge is 0.411 e. The molecule has 0 aliphatic rings. The van der Waals surface area contributed by atoms with Crippen LogP contribution in [0.25, 0.3) is 0 Å². The van der Waals surface area contributed by atoms with Gasteiger partial charge in [-0.25, -0.2) is 4.39 Å². The van der Waals surface area contributed by atoms with E-state index in [-0.39, 0.29) is 24.0 Å². The van der Waals surface area contributed by atoms with Crippen molar-refractivity contribution in [2.24, 2.45) is 5.16 Å². The number of halogens is 1. The monoisotopic (exact) mass is 223 g/mol. The summed E-state index contributed by atoms with van der Waals surface area (Å²) in [6, 6.07) is 6.07. The predicted octanol–water partition coefficient (Wildman–Crippen LogP) is 2.60. The van der Waals surface area contributed by atoms with E-state index in [1.807, 2.05) is 0 Å². The second-order valence-electron chi connectivity index (χ2n) is 3.28. The number of ether oxygens (including phenoxy) is 1. The molecule has 1 rings (SSSR count). The SMILES string of the molecule is C=C[C@@H](C)OCC(=NO)c1ccccc1F. The first-order valence-electron chi connectivity index (χ1n) is 4.89. The maximum absolute atomic E-state index is 13.4. The molecule has 0 saturated carbocycles. The highest BCUT2D eigenvalue weighted by atomic mass is 19.1. The zero-order valence-electron chi connectivity index (χ0n) is 9.06. The van der Waals surface area contributed by atoms with Crippen LogP contribution in [0.15, 0.2) is 42.1 Å². The molecule has 0 fully saturated rings. The Labute approximate surface area is 93.9 Å². The Kier molecular flexibility index (Phi) is 4.66. The van der Waals surface area contributed by atoms with Crippen LogP contribution >= 0.6 is 0 Å². The molecule has 3 nitrogen and oxygen atoms in total. The van der Waals surface area contributed by atoms with Crippen molar-refractivity contribution in [3.8, 4) is 0 Å². The van der Waals surface area contributed by atoms with E-state index in [9.17, 15) is 4.39 Å². The average molecular weight is 223 g/mol. The minimum atomic E-state index is -0.440. The molecule has 0 saturated heterocycles. The molecule has 1 atom stereocenters. The number of hydrogen-bond donors (Lipinski definition) is 1. The van der Waals surface area contributed by atoms with E-state index in [4.69, 9.17) is 9.94 Å². The normalized spacial score (nSPS) is 13.5. The molecule has 4 heteroatoms. The Morgan fingerprint density at radius 1 is 1.62 bits per heavy atom. The van der Waals surface area contributed by atoms with Crippen molar-refractivity contribution in [1.29, 1.82) is 0 Å². The molecule has 0 radical (unpaired) electrons. The van der Waals surface area contributed by atoms with Gasteiger partial charge in [-0.1, -0.05) is 23.4 Å². The van der Waals surface area contributed by atoms with Gasteiger partial charge in [0.15, 0.2) is 0 Å². The van der Waals surface area contributed by atoms with Gasteiger partial charge < -0.3 is 9.94 Å². The minimum Gasteiger partial charge on any atom is -0.411 e. The topological polar surface area (TPSA) is 41.8 Å². The van der Waals surface area contributed by atoms with Gasteiger partial charge in [-0.2, -0.15) is 0 Å². The molecule has 0 heterocycles. The van der Waals surface area contributed by atoms with Crippen molar-refractivity contribution in [2.45, 2.75) is 13.0 Å². The quantitative estimate of drug-likeness (QED) is 0.361. The molecule has 16 heavy (non-hydrogen) atoms. The van der Waals surface area contributed by atoms with E-state index in [1.54, 1.807) is 25.1 Å². The van der Waals surface area contributed by atoms with Gasteiger partial charge in [0.2, 0.25) is 0 Å². The maximum Gasteiger partial charge on any atom is 0.132 e. The first-order valence-corrected chi connectivity index (χ1v) is 4.89. The van der Waals surface area contributed by atoms with Gasteiger partial charge in [0.1, 0.15) is 11.5 Å². The highest BCUT2D eigenvalue weighted by Crippen LogP contribution is 2.09. The Morgan fingerprint density at radius 3 is 2.88 bits per heavy atom. The molecule has 0 spiro atoms. The van der Waals surface area contributed by atoms with Crippen LogP contribution in [0, 0.1) is 5.82 Å². The number of nitrogens with zero attached hydrogens (tertiary/aromatic N) is 1. The molecule has 1 aromatic carbocycles. The van der Waals surface area contributed by atoms with Gasteiger partial charge >= 0.3 is 0 Å². The van der Waals surface area contributed by atoms with E-state index < -0.39 is 5.82 Å². The van der Waals surface area contributed by atoms with Gasteiger partial charge in [-0.15, -0.1) is 6.58 Å². The summed E-state index contributed by atoms with van der Waals surface area (Å²) in [5, 5.41) is 11.8. The van der Waals surface area contributed by atoms with Crippen molar-refractivity contribution in [3.63, 3.8) is 0 Å². The van der Waals surface area contributed by atoms with Crippen LogP contribution in [0.2, 0.25) is 0 Å². The van der Waals surface area contributed by atoms with Crippen molar-refractivity contribution in [3.05, 3.63) is 48.3 Å². The van der Waals surface area contributed by atoms with Gasteiger partial charge in [0.05, 0.1) is 12.7 Å². The number of oxime groups is 1. The summed E-state index contributed by atoms with van der Waals surface area (Å²) in [6.07, 6.45) is 1.43. The fourth-order valence-electron chi connectivity index (χ4n) is 1.13. The number of rotatable bonds is 5. The van der Waals surface area contributed by atoms with Crippen molar-refractivity contribution in [1.82, 2.24) is 0 Å². The molecule has 86 valence electrons. The Hall–Kier alpha value is -1.68. The van der Waals surface area contributed by atoms with E-state index >= 15 is 0 Å². The molecule has 0 amide bonds. The van der Waals surface area contributed by atoms with Crippen molar-refractivity contribution in [2.75, 3.05) is 6.61 Å². The van der Waals surface area contributed by atoms with Crippen LogP contribution in [0.5, 0.6) is 0 Å². The van der Waals surface area contributed by atoms with E-state index in [0.29, 0.717) is 0 Å². The Bertz CT molecular complexity index is 390. The third-order valence-electron chi connectivity index (χ3n) is 2.12. The summed E-state index contributed by atoms with van der Waals surface area (Å²) in [6.45, 7) is 5.38. The van der Waals surface area contributed by atoms with Crippen LogP contribution in [0.4, 0.5) is 4.39 Å². The lowest BCUT2D eigenvalue weighted by Crippen LogP contribution is -2.16. The average Bonchev–Trinajstić information content (AvgIpc) is 2.31. The third-order valence-corrected chi connectivity index (χ3v) is 2.12. The smallest absolute Gasteiger partial charge is 0.132 e. The lowest BCUT2D eigenvalue weighted by atomic mass is 10.1. The molecule has 0 unspecified atom stereocenters. The van der Waals surface area contributed by atoms with Gasteiger partial charge in [0.25, 0.3) is 0 Å². The summed E-state index contributed by atoms with van der Waals surface area (Å²) in [4.78, 5) is 0. The predicted molar refractivity (Wildman–Crippen MR) is 60.3 cm³/mol. The van der Waals surface area contributed by atoms with Crippen LogP contribution in [0.3, 0.4) is 0 Å². The third kappa shape index (κ3) is 3.17. The highest BCUT2D eigenvalue weighted by Gasteiger charge is 2.10. The molecule has 0 bridgehead atoms. The molecule has 0 aliphatic heterocycles. The summed E-state index contributed by atoms with van der Waals surface area (Å²) in [5.41, 5.74) is 0.396. The van der Waals surface area contributed by atoms with Crippen molar-refractivity contribution < 1.29 is 14.3 Å². The van der Waals surface area contributed by atoms with E-state index in [1.165, 1.54) is 12.1 Å². The van der Waals surface area contributed by atoms with Crippen LogP contribution in [-0.2, 0) is 4.74 Å². The molecule has 0 aliphatic carbocycles. The van der Waals surface area contributed by atoms with Crippen LogP contribution in [0.1, 0.15) is 12.5 Å². The minimum absolute atomic E-state index is 0.0324. The highest BCUT2D eigenvalue weighted by molar-refractivity contribution is 6.01. The fraction of sp³-hybridized carbons (Fsp3) is 0.250. The first-order chi connectivity index (χ1) is 7.69. The number of benzene rings is 1. The number of hydrogen-bond acceptors (Lipinski definition) is 3. The standard InChI is InChI=1S/C12H14FNO2/c1-3-9(2)16-8-12(14-15)10-6-4-5-7-11(10)13/h3-7,9,15H,1,8H2,2H3/t9-/m1/s1. The molecular formula is C12H14FNO2. The lowest BCUT2D eigenvalue weighted by molar-refractivity contribution is 0.130. The zero-order valence-corrected chi connectivity index (χ0v) is 9.06. The Morgan fingerprint density at radius 2 is 2.31 bits per heavy atom. The molecule has 1 N–H and O–H groups in total. The van der Waals surface area contributed by atoms with Crippen LogP contribution < -0.4 is 0 Å². The van der Waals surface area contributed by atoms with E-state index in [0.717, 1.165) is 0 Å². The summed E-state index contributed by atoms with van der Waals surface area (Å²) < 4.78 is 18.6. The molecule has 1 aromatic rings. The second-order valence-corrected chi connectivity index (χ2v) is 3.28. The van der Waals surface area contributed by atoms with Gasteiger partial charge in [-0.3, -0.25) is 0 Å². The zero-order chi connectivity index (χ0) is 12.0. The van der Waals surface area contributed by atoms with Crippen LogP contribution in [-0.4, -0.2) is 23.6 Å². The second kappa shape index (κ2) is 6.02. The maximum atomic E-state index is 13.4. The summed E-state index contributed by atoms with van der Waals surface area (Å²) in [7, 11) is 0. The fourth-order valence-corrected chi connectivity index (χ4v) is 1.13. The Balaban J connectivity index is 2.77. The summed E-state index contributed by atoms with van der Waals surface area (Å²) in [5.74, 6) is -0.440.